The Bertz CT molecular complexity index is 580. The van der Waals surface area contributed by atoms with Crippen LogP contribution < -0.4 is 10.1 Å². The van der Waals surface area contributed by atoms with Crippen molar-refractivity contribution in [2.75, 3.05) is 6.54 Å². The van der Waals surface area contributed by atoms with Crippen LogP contribution in [0.5, 0.6) is 5.75 Å². The molecule has 0 aliphatic heterocycles. The van der Waals surface area contributed by atoms with Crippen molar-refractivity contribution < 1.29 is 4.74 Å². The summed E-state index contributed by atoms with van der Waals surface area (Å²) in [5.41, 5.74) is 2.46. The van der Waals surface area contributed by atoms with Crippen LogP contribution in [0.15, 0.2) is 30.3 Å². The second-order valence-electron chi connectivity index (χ2n) is 5.63. The van der Waals surface area contributed by atoms with Gasteiger partial charge in [-0.15, -0.1) is 11.3 Å². The van der Waals surface area contributed by atoms with E-state index in [4.69, 9.17) is 16.3 Å². The molecule has 1 heterocycles. The van der Waals surface area contributed by atoms with Gasteiger partial charge in [0.1, 0.15) is 12.4 Å². The number of hydrogen-bond acceptors (Lipinski definition) is 3. The second-order valence-corrected chi connectivity index (χ2v) is 7.43. The quantitative estimate of drug-likeness (QED) is 0.771. The van der Waals surface area contributed by atoms with Crippen molar-refractivity contribution in [2.45, 2.75) is 33.9 Å². The summed E-state index contributed by atoms with van der Waals surface area (Å²) in [6.07, 6.45) is 0. The Hall–Kier alpha value is -1.03. The van der Waals surface area contributed by atoms with Crippen LogP contribution in [0.25, 0.3) is 0 Å². The van der Waals surface area contributed by atoms with E-state index in [0.29, 0.717) is 12.5 Å². The standard InChI is InChI=1S/C17H22ClNOS/c1-12(2)9-19-10-14-8-13(3)4-6-16(14)20-11-15-5-7-17(18)21-15/h4-8,12,19H,9-11H2,1-3H3. The van der Waals surface area contributed by atoms with Crippen molar-refractivity contribution in [1.82, 2.24) is 5.32 Å². The molecule has 2 aromatic rings. The lowest BCUT2D eigenvalue weighted by Gasteiger charge is -2.13. The lowest BCUT2D eigenvalue weighted by Crippen LogP contribution is -2.19. The van der Waals surface area contributed by atoms with Crippen LogP contribution in [0, 0.1) is 12.8 Å². The largest absolute Gasteiger partial charge is 0.488 e. The zero-order valence-corrected chi connectivity index (χ0v) is 14.4. The molecule has 0 amide bonds. The van der Waals surface area contributed by atoms with Crippen LogP contribution in [0.3, 0.4) is 0 Å². The molecule has 2 rings (SSSR count). The Morgan fingerprint density at radius 1 is 1.24 bits per heavy atom. The molecule has 0 aliphatic carbocycles. The Balaban J connectivity index is 2.00. The molecule has 1 aromatic carbocycles. The molecule has 0 atom stereocenters. The molecule has 1 aromatic heterocycles. The summed E-state index contributed by atoms with van der Waals surface area (Å²) in [5.74, 6) is 1.59. The highest BCUT2D eigenvalue weighted by molar-refractivity contribution is 7.16. The van der Waals surface area contributed by atoms with E-state index in [2.05, 4.69) is 44.3 Å². The van der Waals surface area contributed by atoms with Crippen LogP contribution in [-0.2, 0) is 13.2 Å². The van der Waals surface area contributed by atoms with Gasteiger partial charge in [0, 0.05) is 17.0 Å². The summed E-state index contributed by atoms with van der Waals surface area (Å²) in [6.45, 7) is 8.93. The van der Waals surface area contributed by atoms with Gasteiger partial charge in [-0.25, -0.2) is 0 Å². The van der Waals surface area contributed by atoms with Crippen LogP contribution in [0.2, 0.25) is 4.34 Å². The van der Waals surface area contributed by atoms with Crippen LogP contribution in [0.4, 0.5) is 0 Å². The number of ether oxygens (including phenoxy) is 1. The van der Waals surface area contributed by atoms with Crippen LogP contribution in [0.1, 0.15) is 29.9 Å². The minimum Gasteiger partial charge on any atom is -0.488 e. The highest BCUT2D eigenvalue weighted by Crippen LogP contribution is 2.25. The maximum Gasteiger partial charge on any atom is 0.124 e. The number of aryl methyl sites for hydroxylation is 1. The molecule has 4 heteroatoms. The third kappa shape index (κ3) is 5.34. The van der Waals surface area contributed by atoms with Gasteiger partial charge in [0.05, 0.1) is 4.34 Å². The normalized spacial score (nSPS) is 11.1. The van der Waals surface area contributed by atoms with E-state index in [0.717, 1.165) is 28.1 Å². The van der Waals surface area contributed by atoms with Gasteiger partial charge in [-0.2, -0.15) is 0 Å². The Kier molecular flexibility index (Phi) is 6.09. The summed E-state index contributed by atoms with van der Waals surface area (Å²) in [4.78, 5) is 1.14. The maximum absolute atomic E-state index is 5.96. The molecule has 0 fully saturated rings. The first-order chi connectivity index (χ1) is 10.0. The van der Waals surface area contributed by atoms with Crippen molar-refractivity contribution in [3.63, 3.8) is 0 Å². The molecule has 21 heavy (non-hydrogen) atoms. The molecular weight excluding hydrogens is 302 g/mol. The predicted octanol–water partition coefficient (Wildman–Crippen LogP) is 5.03. The van der Waals surface area contributed by atoms with Gasteiger partial charge >= 0.3 is 0 Å². The van der Waals surface area contributed by atoms with Crippen molar-refractivity contribution in [3.8, 4) is 5.75 Å². The SMILES string of the molecule is Cc1ccc(OCc2ccc(Cl)s2)c(CNCC(C)C)c1. The molecule has 0 unspecified atom stereocenters. The van der Waals surface area contributed by atoms with Crippen molar-refractivity contribution in [1.29, 1.82) is 0 Å². The fourth-order valence-corrected chi connectivity index (χ4v) is 3.06. The van der Waals surface area contributed by atoms with E-state index in [1.165, 1.54) is 11.1 Å². The van der Waals surface area contributed by atoms with Gasteiger partial charge in [0.2, 0.25) is 0 Å². The van der Waals surface area contributed by atoms with E-state index < -0.39 is 0 Å². The van der Waals surface area contributed by atoms with E-state index in [9.17, 15) is 0 Å². The molecule has 0 aliphatic rings. The minimum absolute atomic E-state index is 0.567. The first-order valence-electron chi connectivity index (χ1n) is 7.22. The highest BCUT2D eigenvalue weighted by Gasteiger charge is 2.06. The average molecular weight is 324 g/mol. The van der Waals surface area contributed by atoms with E-state index in [1.807, 2.05) is 12.1 Å². The Morgan fingerprint density at radius 3 is 2.71 bits per heavy atom. The molecule has 0 spiro atoms. The summed E-state index contributed by atoms with van der Waals surface area (Å²) in [5, 5.41) is 3.47. The first kappa shape index (κ1) is 16.3. The molecule has 0 bridgehead atoms. The van der Waals surface area contributed by atoms with Gasteiger partial charge in [-0.3, -0.25) is 0 Å². The van der Waals surface area contributed by atoms with Gasteiger partial charge in [0.25, 0.3) is 0 Å². The van der Waals surface area contributed by atoms with Crippen molar-refractivity contribution >= 4 is 22.9 Å². The molecule has 0 radical (unpaired) electrons. The van der Waals surface area contributed by atoms with Gasteiger partial charge < -0.3 is 10.1 Å². The maximum atomic E-state index is 5.96. The number of rotatable bonds is 7. The van der Waals surface area contributed by atoms with E-state index >= 15 is 0 Å². The smallest absolute Gasteiger partial charge is 0.124 e. The van der Waals surface area contributed by atoms with Crippen molar-refractivity contribution in [2.24, 2.45) is 5.92 Å². The molecule has 0 saturated carbocycles. The predicted molar refractivity (Wildman–Crippen MR) is 91.4 cm³/mol. The van der Waals surface area contributed by atoms with Gasteiger partial charge in [-0.1, -0.05) is 43.1 Å². The zero-order valence-electron chi connectivity index (χ0n) is 12.8. The summed E-state index contributed by atoms with van der Waals surface area (Å²) in [6, 6.07) is 10.2. The van der Waals surface area contributed by atoms with Crippen LogP contribution >= 0.6 is 22.9 Å². The zero-order chi connectivity index (χ0) is 15.2. The molecular formula is C17H22ClNOS. The molecule has 0 saturated heterocycles. The molecule has 2 nitrogen and oxygen atoms in total. The topological polar surface area (TPSA) is 21.3 Å². The summed E-state index contributed by atoms with van der Waals surface area (Å²) < 4.78 is 6.76. The molecule has 114 valence electrons. The average Bonchev–Trinajstić information content (AvgIpc) is 2.83. The van der Waals surface area contributed by atoms with Gasteiger partial charge in [-0.05, 0) is 37.6 Å². The minimum atomic E-state index is 0.567. The lowest BCUT2D eigenvalue weighted by molar-refractivity contribution is 0.305. The summed E-state index contributed by atoms with van der Waals surface area (Å²) in [7, 11) is 0. The van der Waals surface area contributed by atoms with E-state index in [-0.39, 0.29) is 0 Å². The third-order valence-corrected chi connectivity index (χ3v) is 4.29. The highest BCUT2D eigenvalue weighted by atomic mass is 35.5. The first-order valence-corrected chi connectivity index (χ1v) is 8.41. The Labute approximate surface area is 136 Å². The number of halogens is 1. The number of nitrogens with one attached hydrogen (secondary N) is 1. The second kappa shape index (κ2) is 7.83. The van der Waals surface area contributed by atoms with E-state index in [1.54, 1.807) is 11.3 Å². The van der Waals surface area contributed by atoms with Gasteiger partial charge in [0.15, 0.2) is 0 Å². The number of thiophene rings is 1. The van der Waals surface area contributed by atoms with Crippen molar-refractivity contribution in [3.05, 3.63) is 50.7 Å². The van der Waals surface area contributed by atoms with Crippen LogP contribution in [-0.4, -0.2) is 6.54 Å². The fraction of sp³-hybridized carbons (Fsp3) is 0.412. The number of benzene rings is 1. The fourth-order valence-electron chi connectivity index (χ4n) is 2.06. The third-order valence-electron chi connectivity index (χ3n) is 3.08. The lowest BCUT2D eigenvalue weighted by atomic mass is 10.1. The summed E-state index contributed by atoms with van der Waals surface area (Å²) >= 11 is 7.51. The molecule has 1 N–H and O–H groups in total. The Morgan fingerprint density at radius 2 is 2.05 bits per heavy atom. The monoisotopic (exact) mass is 323 g/mol. The number of hydrogen-bond donors (Lipinski definition) is 1.